The zero-order valence-corrected chi connectivity index (χ0v) is 19.4. The maximum absolute atomic E-state index is 12.9. The number of carbonyl (C=O) groups excluding carboxylic acids is 4. The molecule has 188 valence electrons. The molecule has 4 amide bonds. The minimum atomic E-state index is -1.26. The number of nitrogens with two attached hydrogens (primary N) is 2. The molecular weight excluding hydrogens is 432 g/mol. The molecule has 1 heterocycles. The summed E-state index contributed by atoms with van der Waals surface area (Å²) in [6, 6.07) is -3.90. The van der Waals surface area contributed by atoms with Crippen molar-refractivity contribution in [1.29, 1.82) is 0 Å². The third-order valence-corrected chi connectivity index (χ3v) is 5.32. The van der Waals surface area contributed by atoms with E-state index in [0.29, 0.717) is 32.4 Å². The number of carboxylic acid groups (broad SMARTS) is 1. The van der Waals surface area contributed by atoms with Crippen molar-refractivity contribution in [1.82, 2.24) is 21.3 Å². The largest absolute Gasteiger partial charge is 0.480 e. The van der Waals surface area contributed by atoms with Crippen LogP contribution in [0.3, 0.4) is 0 Å². The van der Waals surface area contributed by atoms with Crippen LogP contribution in [-0.4, -0.2) is 72.0 Å². The first-order valence-corrected chi connectivity index (χ1v) is 11.4. The highest BCUT2D eigenvalue weighted by atomic mass is 16.4. The lowest BCUT2D eigenvalue weighted by atomic mass is 10.0. The Labute approximate surface area is 194 Å². The van der Waals surface area contributed by atoms with E-state index in [1.54, 1.807) is 0 Å². The Bertz CT molecular complexity index is 695. The zero-order chi connectivity index (χ0) is 25.0. The number of carboxylic acids is 1. The lowest BCUT2D eigenvalue weighted by molar-refractivity contribution is -0.143. The van der Waals surface area contributed by atoms with Gasteiger partial charge in [0, 0.05) is 0 Å². The van der Waals surface area contributed by atoms with Crippen molar-refractivity contribution in [2.75, 3.05) is 13.1 Å². The smallest absolute Gasteiger partial charge is 0.326 e. The third kappa shape index (κ3) is 10.6. The van der Waals surface area contributed by atoms with E-state index in [-0.39, 0.29) is 18.8 Å². The average Bonchev–Trinajstić information content (AvgIpc) is 3.26. The van der Waals surface area contributed by atoms with E-state index in [1.807, 2.05) is 13.8 Å². The molecule has 1 rings (SSSR count). The maximum Gasteiger partial charge on any atom is 0.326 e. The molecule has 0 aromatic heterocycles. The predicted molar refractivity (Wildman–Crippen MR) is 121 cm³/mol. The van der Waals surface area contributed by atoms with Gasteiger partial charge in [0.15, 0.2) is 0 Å². The first-order chi connectivity index (χ1) is 15.5. The minimum absolute atomic E-state index is 0.0241. The number of aliphatic carboxylic acids is 1. The maximum atomic E-state index is 12.9. The first-order valence-electron chi connectivity index (χ1n) is 11.4. The predicted octanol–water partition coefficient (Wildman–Crippen LogP) is -1.67. The molecule has 0 aliphatic carbocycles. The molecule has 0 aromatic carbocycles. The second-order valence-electron chi connectivity index (χ2n) is 8.76. The Balaban J connectivity index is 2.92. The van der Waals surface area contributed by atoms with Gasteiger partial charge in [0.1, 0.15) is 18.1 Å². The molecule has 12 nitrogen and oxygen atoms in total. The molecule has 0 aromatic rings. The van der Waals surface area contributed by atoms with E-state index < -0.39 is 60.2 Å². The number of hydrogen-bond acceptors (Lipinski definition) is 7. The lowest BCUT2D eigenvalue weighted by Crippen LogP contribution is -2.57. The molecule has 4 unspecified atom stereocenters. The van der Waals surface area contributed by atoms with Gasteiger partial charge in [-0.1, -0.05) is 13.8 Å². The molecule has 0 radical (unpaired) electrons. The molecule has 1 aliphatic rings. The van der Waals surface area contributed by atoms with Gasteiger partial charge in [0.2, 0.25) is 23.6 Å². The van der Waals surface area contributed by atoms with Gasteiger partial charge in [-0.3, -0.25) is 19.2 Å². The lowest BCUT2D eigenvalue weighted by Gasteiger charge is -2.25. The second-order valence-corrected chi connectivity index (χ2v) is 8.76. The van der Waals surface area contributed by atoms with Gasteiger partial charge in [-0.05, 0) is 57.5 Å². The molecule has 33 heavy (non-hydrogen) atoms. The summed E-state index contributed by atoms with van der Waals surface area (Å²) in [6.45, 7) is 4.73. The highest BCUT2D eigenvalue weighted by Crippen LogP contribution is 2.09. The number of rotatable bonds is 15. The Hall–Kier alpha value is -2.73. The topological polar surface area (TPSA) is 206 Å². The molecule has 1 saturated heterocycles. The van der Waals surface area contributed by atoms with Crippen LogP contribution in [0.5, 0.6) is 0 Å². The van der Waals surface area contributed by atoms with Crippen LogP contribution < -0.4 is 32.7 Å². The van der Waals surface area contributed by atoms with Crippen molar-refractivity contribution in [2.45, 2.75) is 83.0 Å². The van der Waals surface area contributed by atoms with Gasteiger partial charge in [-0.2, -0.15) is 0 Å². The fourth-order valence-electron chi connectivity index (χ4n) is 3.59. The number of hydrogen-bond donors (Lipinski definition) is 7. The molecule has 1 fully saturated rings. The molecule has 12 heteroatoms. The van der Waals surface area contributed by atoms with E-state index >= 15 is 0 Å². The number of amides is 4. The minimum Gasteiger partial charge on any atom is -0.480 e. The van der Waals surface area contributed by atoms with E-state index in [9.17, 15) is 29.1 Å². The van der Waals surface area contributed by atoms with Crippen molar-refractivity contribution in [3.05, 3.63) is 0 Å². The summed E-state index contributed by atoms with van der Waals surface area (Å²) in [5.74, 6) is -3.77. The Kier molecular flexibility index (Phi) is 12.4. The van der Waals surface area contributed by atoms with Gasteiger partial charge in [-0.25, -0.2) is 4.79 Å². The highest BCUT2D eigenvalue weighted by Gasteiger charge is 2.32. The monoisotopic (exact) mass is 470 g/mol. The average molecular weight is 471 g/mol. The van der Waals surface area contributed by atoms with E-state index in [1.165, 1.54) is 0 Å². The number of primary amides is 1. The summed E-state index contributed by atoms with van der Waals surface area (Å²) in [7, 11) is 0. The summed E-state index contributed by atoms with van der Waals surface area (Å²) < 4.78 is 0. The van der Waals surface area contributed by atoms with Crippen molar-refractivity contribution in [3.63, 3.8) is 0 Å². The van der Waals surface area contributed by atoms with Crippen molar-refractivity contribution in [3.8, 4) is 0 Å². The molecule has 4 atom stereocenters. The van der Waals surface area contributed by atoms with Gasteiger partial charge in [0.05, 0.1) is 12.5 Å². The van der Waals surface area contributed by atoms with Crippen molar-refractivity contribution < 1.29 is 29.1 Å². The molecule has 9 N–H and O–H groups in total. The Morgan fingerprint density at radius 2 is 1.64 bits per heavy atom. The van der Waals surface area contributed by atoms with Crippen LogP contribution in [0.4, 0.5) is 0 Å². The van der Waals surface area contributed by atoms with Crippen LogP contribution in [0, 0.1) is 5.92 Å². The van der Waals surface area contributed by atoms with Gasteiger partial charge < -0.3 is 37.8 Å². The number of carbonyl (C=O) groups is 5. The number of nitrogens with one attached hydrogen (secondary N) is 4. The van der Waals surface area contributed by atoms with Gasteiger partial charge >= 0.3 is 5.97 Å². The van der Waals surface area contributed by atoms with Crippen LogP contribution in [0.25, 0.3) is 0 Å². The second kappa shape index (κ2) is 14.4. The van der Waals surface area contributed by atoms with Crippen LogP contribution in [-0.2, 0) is 24.0 Å². The summed E-state index contributed by atoms with van der Waals surface area (Å²) in [5, 5.41) is 20.0. The quantitative estimate of drug-likeness (QED) is 0.137. The van der Waals surface area contributed by atoms with Crippen molar-refractivity contribution in [2.24, 2.45) is 17.4 Å². The van der Waals surface area contributed by atoms with Crippen LogP contribution >= 0.6 is 0 Å². The molecule has 1 aliphatic heterocycles. The van der Waals surface area contributed by atoms with Crippen LogP contribution in [0.15, 0.2) is 0 Å². The fourth-order valence-corrected chi connectivity index (χ4v) is 3.59. The summed E-state index contributed by atoms with van der Waals surface area (Å²) in [5.41, 5.74) is 10.8. The summed E-state index contributed by atoms with van der Waals surface area (Å²) in [4.78, 5) is 61.2. The molecule has 0 bridgehead atoms. The third-order valence-electron chi connectivity index (χ3n) is 5.32. The van der Waals surface area contributed by atoms with Gasteiger partial charge in [-0.15, -0.1) is 0 Å². The standard InChI is InChI=1S/C21H38N6O6/c1-12(2)10-16(21(32)33)27-19(30)14(6-3-4-8-22)25-20(31)15(11-17(23)28)26-18(29)13-7-5-9-24-13/h12-16,24H,3-11,22H2,1-2H3,(H2,23,28)(H,25,31)(H,26,29)(H,27,30)(H,32,33). The molecule has 0 saturated carbocycles. The van der Waals surface area contributed by atoms with E-state index in [2.05, 4.69) is 21.3 Å². The highest BCUT2D eigenvalue weighted by molar-refractivity contribution is 5.96. The van der Waals surface area contributed by atoms with E-state index in [0.717, 1.165) is 6.42 Å². The zero-order valence-electron chi connectivity index (χ0n) is 19.4. The SMILES string of the molecule is CC(C)CC(NC(=O)C(CCCCN)NC(=O)C(CC(N)=O)NC(=O)C1CCCN1)C(=O)O. The van der Waals surface area contributed by atoms with Crippen LogP contribution in [0.1, 0.15) is 58.8 Å². The van der Waals surface area contributed by atoms with Crippen LogP contribution in [0.2, 0.25) is 0 Å². The Morgan fingerprint density at radius 1 is 1.00 bits per heavy atom. The first kappa shape index (κ1) is 28.3. The van der Waals surface area contributed by atoms with Crippen molar-refractivity contribution >= 4 is 29.6 Å². The summed E-state index contributed by atoms with van der Waals surface area (Å²) in [6.07, 6.45) is 2.52. The molecule has 0 spiro atoms. The number of unbranched alkanes of at least 4 members (excludes halogenated alkanes) is 1. The fraction of sp³-hybridized carbons (Fsp3) is 0.762. The van der Waals surface area contributed by atoms with Gasteiger partial charge in [0.25, 0.3) is 0 Å². The van der Waals surface area contributed by atoms with E-state index in [4.69, 9.17) is 11.5 Å². The normalized spacial score (nSPS) is 18.2. The summed E-state index contributed by atoms with van der Waals surface area (Å²) >= 11 is 0. The Morgan fingerprint density at radius 3 is 2.15 bits per heavy atom. The molecular formula is C21H38N6O6.